The Labute approximate surface area is 158 Å². The zero-order valence-electron chi connectivity index (χ0n) is 15.1. The minimum absolute atomic E-state index is 0.145. The molecule has 2 aromatic carbocycles. The van der Waals surface area contributed by atoms with Crippen LogP contribution in [0.3, 0.4) is 0 Å². The Morgan fingerprint density at radius 2 is 1.52 bits per heavy atom. The summed E-state index contributed by atoms with van der Waals surface area (Å²) in [5.41, 5.74) is 1.79. The molecule has 0 spiro atoms. The van der Waals surface area contributed by atoms with Crippen LogP contribution in [0.1, 0.15) is 18.1 Å². The summed E-state index contributed by atoms with van der Waals surface area (Å²) in [6, 6.07) is 18.6. The molecule has 2 amide bonds. The Morgan fingerprint density at radius 3 is 2.11 bits per heavy atom. The van der Waals surface area contributed by atoms with E-state index in [1.807, 2.05) is 60.7 Å². The van der Waals surface area contributed by atoms with Crippen LogP contribution in [0.15, 0.2) is 60.7 Å². The highest BCUT2D eigenvalue weighted by Gasteiger charge is 2.20. The molecule has 7 nitrogen and oxygen atoms in total. The molecule has 2 rings (SSSR count). The monoisotopic (exact) mass is 369 g/mol. The van der Waals surface area contributed by atoms with Gasteiger partial charge in [0.15, 0.2) is 6.17 Å². The number of carbonyl (C=O) groups is 3. The molecule has 1 atom stereocenters. The van der Waals surface area contributed by atoms with E-state index in [1.54, 1.807) is 0 Å². The summed E-state index contributed by atoms with van der Waals surface area (Å²) in [5.74, 6) is -1.35. The molecule has 0 saturated carbocycles. The van der Waals surface area contributed by atoms with Crippen molar-refractivity contribution < 1.29 is 19.1 Å². The summed E-state index contributed by atoms with van der Waals surface area (Å²) >= 11 is 0. The van der Waals surface area contributed by atoms with Crippen molar-refractivity contribution in [1.82, 2.24) is 16.0 Å². The van der Waals surface area contributed by atoms with E-state index in [2.05, 4.69) is 16.0 Å². The molecule has 0 saturated heterocycles. The normalized spacial score (nSPS) is 11.3. The van der Waals surface area contributed by atoms with Crippen molar-refractivity contribution in [2.24, 2.45) is 0 Å². The lowest BCUT2D eigenvalue weighted by Gasteiger charge is -2.18. The number of carbonyl (C=O) groups excluding carboxylic acids is 3. The maximum absolute atomic E-state index is 12.3. The van der Waals surface area contributed by atoms with Crippen LogP contribution in [0, 0.1) is 0 Å². The van der Waals surface area contributed by atoms with Gasteiger partial charge < -0.3 is 15.4 Å². The van der Waals surface area contributed by atoms with Crippen molar-refractivity contribution in [2.45, 2.75) is 26.2 Å². The fraction of sp³-hybridized carbons (Fsp3) is 0.250. The van der Waals surface area contributed by atoms with Crippen LogP contribution < -0.4 is 16.0 Å². The molecule has 142 valence electrons. The van der Waals surface area contributed by atoms with E-state index in [4.69, 9.17) is 4.74 Å². The predicted molar refractivity (Wildman–Crippen MR) is 100 cm³/mol. The van der Waals surface area contributed by atoms with Crippen molar-refractivity contribution in [3.8, 4) is 0 Å². The first-order valence-electron chi connectivity index (χ1n) is 8.56. The summed E-state index contributed by atoms with van der Waals surface area (Å²) in [6.07, 6.45) is -1.03. The Balaban J connectivity index is 1.81. The SMILES string of the molecule is CC(=O)NC(NCC(=O)OCc1ccccc1)C(=O)NCc1ccccc1. The second-order valence-corrected chi connectivity index (χ2v) is 5.86. The number of hydrogen-bond donors (Lipinski definition) is 3. The zero-order chi connectivity index (χ0) is 19.5. The molecule has 7 heteroatoms. The summed E-state index contributed by atoms with van der Waals surface area (Å²) in [5, 5.41) is 7.90. The average Bonchev–Trinajstić information content (AvgIpc) is 2.69. The molecular weight excluding hydrogens is 346 g/mol. The van der Waals surface area contributed by atoms with Gasteiger partial charge in [-0.1, -0.05) is 60.7 Å². The van der Waals surface area contributed by atoms with Crippen LogP contribution in [-0.2, 0) is 32.3 Å². The van der Waals surface area contributed by atoms with Gasteiger partial charge in [-0.25, -0.2) is 0 Å². The molecule has 2 aromatic rings. The van der Waals surface area contributed by atoms with E-state index in [1.165, 1.54) is 6.92 Å². The van der Waals surface area contributed by atoms with Gasteiger partial charge in [0.25, 0.3) is 5.91 Å². The molecule has 0 aromatic heterocycles. The summed E-state index contributed by atoms with van der Waals surface area (Å²) < 4.78 is 5.15. The standard InChI is InChI=1S/C20H23N3O4/c1-15(24)23-19(20(26)22-12-16-8-4-2-5-9-16)21-13-18(25)27-14-17-10-6-3-7-11-17/h2-11,19,21H,12-14H2,1H3,(H,22,26)(H,23,24). The lowest BCUT2D eigenvalue weighted by Crippen LogP contribution is -2.55. The van der Waals surface area contributed by atoms with Gasteiger partial charge in [0, 0.05) is 13.5 Å². The van der Waals surface area contributed by atoms with Gasteiger partial charge in [0.1, 0.15) is 6.61 Å². The number of nitrogens with one attached hydrogen (secondary N) is 3. The molecule has 3 N–H and O–H groups in total. The summed E-state index contributed by atoms with van der Waals surface area (Å²) in [6.45, 7) is 1.55. The fourth-order valence-corrected chi connectivity index (χ4v) is 2.27. The fourth-order valence-electron chi connectivity index (χ4n) is 2.27. The number of ether oxygens (including phenoxy) is 1. The van der Waals surface area contributed by atoms with E-state index < -0.39 is 18.0 Å². The minimum atomic E-state index is -1.03. The molecule has 0 heterocycles. The maximum atomic E-state index is 12.3. The molecule has 0 aliphatic carbocycles. The van der Waals surface area contributed by atoms with Crippen LogP contribution in [0.25, 0.3) is 0 Å². The Bertz CT molecular complexity index is 750. The first-order chi connectivity index (χ1) is 13.0. The summed E-state index contributed by atoms with van der Waals surface area (Å²) in [4.78, 5) is 35.5. The second kappa shape index (κ2) is 10.7. The van der Waals surface area contributed by atoms with Crippen LogP contribution in [-0.4, -0.2) is 30.5 Å². The lowest BCUT2D eigenvalue weighted by molar-refractivity contribution is -0.144. The molecule has 0 fully saturated rings. The second-order valence-electron chi connectivity index (χ2n) is 5.86. The van der Waals surface area contributed by atoms with E-state index in [0.29, 0.717) is 6.54 Å². The number of hydrogen-bond acceptors (Lipinski definition) is 5. The van der Waals surface area contributed by atoms with Crippen molar-refractivity contribution in [1.29, 1.82) is 0 Å². The van der Waals surface area contributed by atoms with Gasteiger partial charge in [0.05, 0.1) is 6.54 Å². The van der Waals surface area contributed by atoms with Gasteiger partial charge >= 0.3 is 5.97 Å². The van der Waals surface area contributed by atoms with Crippen LogP contribution >= 0.6 is 0 Å². The first-order valence-corrected chi connectivity index (χ1v) is 8.56. The summed E-state index contributed by atoms with van der Waals surface area (Å²) in [7, 11) is 0. The molecule has 0 bridgehead atoms. The van der Waals surface area contributed by atoms with Crippen molar-refractivity contribution >= 4 is 17.8 Å². The van der Waals surface area contributed by atoms with Crippen LogP contribution in [0.4, 0.5) is 0 Å². The van der Waals surface area contributed by atoms with Gasteiger partial charge in [-0.05, 0) is 11.1 Å². The van der Waals surface area contributed by atoms with Gasteiger partial charge in [-0.3, -0.25) is 19.7 Å². The largest absolute Gasteiger partial charge is 0.460 e. The lowest BCUT2D eigenvalue weighted by atomic mass is 10.2. The Kier molecular flexibility index (Phi) is 7.99. The topological polar surface area (TPSA) is 96.5 Å². The Morgan fingerprint density at radius 1 is 0.926 bits per heavy atom. The van der Waals surface area contributed by atoms with Crippen LogP contribution in [0.2, 0.25) is 0 Å². The number of benzene rings is 2. The third-order valence-corrected chi connectivity index (χ3v) is 3.61. The Hall–Kier alpha value is -3.19. The molecule has 0 radical (unpaired) electrons. The van der Waals surface area contributed by atoms with Crippen molar-refractivity contribution in [2.75, 3.05) is 6.54 Å². The molecule has 1 unspecified atom stereocenters. The molecule has 0 aliphatic heterocycles. The molecule has 0 aliphatic rings. The first kappa shape index (κ1) is 20.1. The highest BCUT2D eigenvalue weighted by Crippen LogP contribution is 2.00. The zero-order valence-corrected chi connectivity index (χ0v) is 15.1. The number of amides is 2. The van der Waals surface area contributed by atoms with Crippen LogP contribution in [0.5, 0.6) is 0 Å². The van der Waals surface area contributed by atoms with Crippen molar-refractivity contribution in [3.63, 3.8) is 0 Å². The quantitative estimate of drug-likeness (QED) is 0.454. The van der Waals surface area contributed by atoms with E-state index in [9.17, 15) is 14.4 Å². The third-order valence-electron chi connectivity index (χ3n) is 3.61. The van der Waals surface area contributed by atoms with Crippen molar-refractivity contribution in [3.05, 3.63) is 71.8 Å². The van der Waals surface area contributed by atoms with E-state index in [0.717, 1.165) is 11.1 Å². The third kappa shape index (κ3) is 7.70. The minimum Gasteiger partial charge on any atom is -0.460 e. The highest BCUT2D eigenvalue weighted by atomic mass is 16.5. The number of esters is 1. The molecular formula is C20H23N3O4. The van der Waals surface area contributed by atoms with Gasteiger partial charge in [-0.2, -0.15) is 0 Å². The predicted octanol–water partition coefficient (Wildman–Crippen LogP) is 1.10. The average molecular weight is 369 g/mol. The smallest absolute Gasteiger partial charge is 0.320 e. The van der Waals surface area contributed by atoms with Gasteiger partial charge in [-0.15, -0.1) is 0 Å². The molecule has 27 heavy (non-hydrogen) atoms. The highest BCUT2D eigenvalue weighted by molar-refractivity contribution is 5.87. The van der Waals surface area contributed by atoms with E-state index in [-0.39, 0.29) is 19.1 Å². The van der Waals surface area contributed by atoms with Gasteiger partial charge in [0.2, 0.25) is 5.91 Å². The number of rotatable bonds is 9. The van der Waals surface area contributed by atoms with E-state index >= 15 is 0 Å². The maximum Gasteiger partial charge on any atom is 0.320 e.